The maximum atomic E-state index is 6.71. The molecule has 2 aromatic rings. The van der Waals surface area contributed by atoms with E-state index in [-0.39, 0.29) is 5.04 Å². The number of rotatable bonds is 8. The maximum Gasteiger partial charge on any atom is 0.261 e. The average Bonchev–Trinajstić information content (AvgIpc) is 2.59. The van der Waals surface area contributed by atoms with Crippen LogP contribution in [0.1, 0.15) is 20.8 Å². The Balaban J connectivity index is 2.42. The minimum absolute atomic E-state index is 0.0190. The van der Waals surface area contributed by atoms with Crippen molar-refractivity contribution >= 4 is 34.6 Å². The zero-order valence-electron chi connectivity index (χ0n) is 14.8. The van der Waals surface area contributed by atoms with Crippen molar-refractivity contribution in [3.05, 3.63) is 60.7 Å². The summed E-state index contributed by atoms with van der Waals surface area (Å²) in [5.41, 5.74) is 0. The van der Waals surface area contributed by atoms with Crippen LogP contribution in [0, 0.1) is 0 Å². The van der Waals surface area contributed by atoms with Crippen LogP contribution >= 0.6 is 15.9 Å². The first-order chi connectivity index (χ1) is 11.5. The molecule has 0 aliphatic rings. The molecule has 130 valence electrons. The van der Waals surface area contributed by atoms with E-state index >= 15 is 0 Å². The van der Waals surface area contributed by atoms with E-state index in [0.29, 0.717) is 19.8 Å². The lowest BCUT2D eigenvalue weighted by Crippen LogP contribution is -2.66. The van der Waals surface area contributed by atoms with Crippen LogP contribution in [0.5, 0.6) is 0 Å². The van der Waals surface area contributed by atoms with Gasteiger partial charge >= 0.3 is 0 Å². The first kappa shape index (κ1) is 19.4. The summed E-state index contributed by atoms with van der Waals surface area (Å²) >= 11 is 3.39. The second-order valence-electron chi connectivity index (χ2n) is 6.81. The van der Waals surface area contributed by atoms with E-state index < -0.39 is 8.32 Å². The molecule has 0 atom stereocenters. The van der Waals surface area contributed by atoms with Crippen LogP contribution < -0.4 is 10.4 Å². The van der Waals surface area contributed by atoms with Crippen molar-refractivity contribution < 1.29 is 9.16 Å². The summed E-state index contributed by atoms with van der Waals surface area (Å²) in [6.45, 7) is 8.82. The van der Waals surface area contributed by atoms with Gasteiger partial charge in [-0.3, -0.25) is 0 Å². The third-order valence-corrected chi connectivity index (χ3v) is 9.55. The second-order valence-corrected chi connectivity index (χ2v) is 11.9. The molecule has 0 amide bonds. The molecule has 4 heteroatoms. The molecule has 0 aromatic heterocycles. The molecule has 0 unspecified atom stereocenters. The van der Waals surface area contributed by atoms with E-state index in [1.165, 1.54) is 10.4 Å². The molecule has 2 rings (SSSR count). The molecule has 24 heavy (non-hydrogen) atoms. The molecule has 2 aromatic carbocycles. The Morgan fingerprint density at radius 3 is 1.71 bits per heavy atom. The summed E-state index contributed by atoms with van der Waals surface area (Å²) in [5.74, 6) is 0. The van der Waals surface area contributed by atoms with E-state index in [1.54, 1.807) is 0 Å². The molecule has 0 spiro atoms. The summed E-state index contributed by atoms with van der Waals surface area (Å²) in [6.07, 6.45) is 0. The molecular weight excluding hydrogens is 380 g/mol. The molecule has 0 heterocycles. The summed E-state index contributed by atoms with van der Waals surface area (Å²) in [7, 11) is -2.40. The molecule has 0 aliphatic carbocycles. The van der Waals surface area contributed by atoms with Gasteiger partial charge in [0.15, 0.2) is 0 Å². The van der Waals surface area contributed by atoms with E-state index in [9.17, 15) is 0 Å². The highest BCUT2D eigenvalue weighted by molar-refractivity contribution is 9.09. The number of benzene rings is 2. The lowest BCUT2D eigenvalue weighted by Gasteiger charge is -2.43. The van der Waals surface area contributed by atoms with Gasteiger partial charge in [-0.2, -0.15) is 0 Å². The summed E-state index contributed by atoms with van der Waals surface area (Å²) < 4.78 is 12.3. The van der Waals surface area contributed by atoms with Crippen LogP contribution in [0.4, 0.5) is 0 Å². The van der Waals surface area contributed by atoms with Crippen LogP contribution in [0.25, 0.3) is 0 Å². The molecular formula is C20H27BrO2Si. The lowest BCUT2D eigenvalue weighted by atomic mass is 10.2. The molecule has 0 fully saturated rings. The highest BCUT2D eigenvalue weighted by Gasteiger charge is 2.49. The minimum atomic E-state index is -2.40. The molecule has 0 radical (unpaired) electrons. The Labute approximate surface area is 155 Å². The highest BCUT2D eigenvalue weighted by Crippen LogP contribution is 2.36. The van der Waals surface area contributed by atoms with Crippen molar-refractivity contribution in [3.63, 3.8) is 0 Å². The average molecular weight is 407 g/mol. The van der Waals surface area contributed by atoms with Gasteiger partial charge in [0, 0.05) is 5.33 Å². The van der Waals surface area contributed by atoms with Crippen LogP contribution in [0.15, 0.2) is 60.7 Å². The standard InChI is InChI=1S/C20H27BrO2Si/c1-20(2,3)24(18-10-6-4-7-11-18,19-12-8-5-9-13-19)23-17-16-22-15-14-21/h4-13H,14-17H2,1-3H3. The van der Waals surface area contributed by atoms with Crippen molar-refractivity contribution in [2.45, 2.75) is 25.8 Å². The van der Waals surface area contributed by atoms with Gasteiger partial charge < -0.3 is 9.16 Å². The van der Waals surface area contributed by atoms with Crippen molar-refractivity contribution in [2.24, 2.45) is 0 Å². The Morgan fingerprint density at radius 2 is 1.29 bits per heavy atom. The maximum absolute atomic E-state index is 6.71. The smallest absolute Gasteiger partial charge is 0.261 e. The van der Waals surface area contributed by atoms with Crippen LogP contribution in [-0.2, 0) is 9.16 Å². The lowest BCUT2D eigenvalue weighted by molar-refractivity contribution is 0.109. The monoisotopic (exact) mass is 406 g/mol. The third-order valence-electron chi connectivity index (χ3n) is 4.18. The fourth-order valence-corrected chi connectivity index (χ4v) is 7.95. The summed E-state index contributed by atoms with van der Waals surface area (Å²) in [6, 6.07) is 21.4. The zero-order valence-corrected chi connectivity index (χ0v) is 17.4. The molecule has 0 bridgehead atoms. The van der Waals surface area contributed by atoms with Gasteiger partial charge in [-0.05, 0) is 15.4 Å². The first-order valence-corrected chi connectivity index (χ1v) is 11.4. The Hall–Kier alpha value is -0.943. The first-order valence-electron chi connectivity index (χ1n) is 8.41. The van der Waals surface area contributed by atoms with Crippen molar-refractivity contribution in [2.75, 3.05) is 25.2 Å². The van der Waals surface area contributed by atoms with Gasteiger partial charge in [0.1, 0.15) is 0 Å². The minimum Gasteiger partial charge on any atom is -0.405 e. The number of halogens is 1. The van der Waals surface area contributed by atoms with E-state index in [4.69, 9.17) is 9.16 Å². The molecule has 0 saturated carbocycles. The quantitative estimate of drug-likeness (QED) is 0.375. The van der Waals surface area contributed by atoms with Crippen molar-refractivity contribution in [3.8, 4) is 0 Å². The number of ether oxygens (including phenoxy) is 1. The molecule has 0 saturated heterocycles. The van der Waals surface area contributed by atoms with Gasteiger partial charge in [-0.1, -0.05) is 97.4 Å². The van der Waals surface area contributed by atoms with Gasteiger partial charge in [0.25, 0.3) is 8.32 Å². The Morgan fingerprint density at radius 1 is 0.792 bits per heavy atom. The predicted molar refractivity (Wildman–Crippen MR) is 108 cm³/mol. The Bertz CT molecular complexity index is 557. The molecule has 2 nitrogen and oxygen atoms in total. The summed E-state index contributed by atoms with van der Waals surface area (Å²) in [5, 5.41) is 3.49. The van der Waals surface area contributed by atoms with Gasteiger partial charge in [-0.25, -0.2) is 0 Å². The van der Waals surface area contributed by atoms with E-state index in [2.05, 4.69) is 97.4 Å². The SMILES string of the molecule is CC(C)(C)[Si](OCCOCCBr)(c1ccccc1)c1ccccc1. The Kier molecular flexibility index (Phi) is 7.23. The van der Waals surface area contributed by atoms with Crippen LogP contribution in [-0.4, -0.2) is 33.5 Å². The molecule has 0 aliphatic heterocycles. The largest absolute Gasteiger partial charge is 0.405 e. The number of hydrogen-bond donors (Lipinski definition) is 0. The van der Waals surface area contributed by atoms with Gasteiger partial charge in [0.05, 0.1) is 19.8 Å². The second kappa shape index (κ2) is 8.95. The van der Waals surface area contributed by atoms with Crippen LogP contribution in [0.2, 0.25) is 5.04 Å². The van der Waals surface area contributed by atoms with Gasteiger partial charge in [0.2, 0.25) is 0 Å². The number of hydrogen-bond acceptors (Lipinski definition) is 2. The normalized spacial score (nSPS) is 12.3. The predicted octanol–water partition coefficient (Wildman–Crippen LogP) is 3.97. The third kappa shape index (κ3) is 4.36. The molecule has 0 N–H and O–H groups in total. The fourth-order valence-electron chi connectivity index (χ4n) is 3.17. The van der Waals surface area contributed by atoms with E-state index in [1.807, 2.05) is 0 Å². The number of alkyl halides is 1. The highest BCUT2D eigenvalue weighted by atomic mass is 79.9. The van der Waals surface area contributed by atoms with Gasteiger partial charge in [-0.15, -0.1) is 0 Å². The zero-order chi connectivity index (χ0) is 17.5. The van der Waals surface area contributed by atoms with Crippen molar-refractivity contribution in [1.82, 2.24) is 0 Å². The fraction of sp³-hybridized carbons (Fsp3) is 0.400. The van der Waals surface area contributed by atoms with Crippen LogP contribution in [0.3, 0.4) is 0 Å². The topological polar surface area (TPSA) is 18.5 Å². The summed E-state index contributed by atoms with van der Waals surface area (Å²) in [4.78, 5) is 0. The van der Waals surface area contributed by atoms with E-state index in [0.717, 1.165) is 5.33 Å². The van der Waals surface area contributed by atoms with Crippen molar-refractivity contribution in [1.29, 1.82) is 0 Å².